The number of rotatable bonds is 2. The maximum atomic E-state index is 13.3. The molecule has 0 aliphatic rings. The second kappa shape index (κ2) is 4.83. The lowest BCUT2D eigenvalue weighted by Gasteiger charge is -2.06. The molecule has 7 nitrogen and oxygen atoms in total. The van der Waals surface area contributed by atoms with Gasteiger partial charge in [-0.2, -0.15) is 4.73 Å². The van der Waals surface area contributed by atoms with Gasteiger partial charge in [-0.05, 0) is 32.0 Å². The van der Waals surface area contributed by atoms with Crippen molar-refractivity contribution in [2.45, 2.75) is 13.8 Å². The van der Waals surface area contributed by atoms with Gasteiger partial charge in [0.25, 0.3) is 5.91 Å². The molecule has 2 heterocycles. The second-order valence-corrected chi connectivity index (χ2v) is 4.99. The highest BCUT2D eigenvalue weighted by Gasteiger charge is 2.20. The predicted octanol–water partition coefficient (Wildman–Crippen LogP) is 2.02. The molecule has 8 heteroatoms. The van der Waals surface area contributed by atoms with Gasteiger partial charge in [0.1, 0.15) is 11.6 Å². The van der Waals surface area contributed by atoms with Gasteiger partial charge in [-0.15, -0.1) is 0 Å². The number of carbonyl (C=O) groups excluding carboxylic acids is 1. The zero-order valence-electron chi connectivity index (χ0n) is 12.3. The van der Waals surface area contributed by atoms with Crippen LogP contribution < -0.4 is 5.32 Å². The quantitative estimate of drug-likeness (QED) is 0.709. The number of hydrogen-bond donors (Lipinski definition) is 2. The van der Waals surface area contributed by atoms with Crippen molar-refractivity contribution in [3.05, 3.63) is 41.2 Å². The molecule has 3 rings (SSSR count). The van der Waals surface area contributed by atoms with Gasteiger partial charge in [0.15, 0.2) is 5.69 Å². The Kier molecular flexibility index (Phi) is 3.09. The lowest BCUT2D eigenvalue weighted by molar-refractivity contribution is 0.0966. The third-order valence-corrected chi connectivity index (χ3v) is 3.47. The van der Waals surface area contributed by atoms with Crippen molar-refractivity contribution in [1.82, 2.24) is 19.3 Å². The van der Waals surface area contributed by atoms with Crippen LogP contribution in [0, 0.1) is 19.7 Å². The van der Waals surface area contributed by atoms with E-state index in [-0.39, 0.29) is 17.5 Å². The molecule has 0 radical (unpaired) electrons. The lowest BCUT2D eigenvalue weighted by atomic mass is 10.3. The molecule has 2 aromatic heterocycles. The van der Waals surface area contributed by atoms with Gasteiger partial charge >= 0.3 is 0 Å². The minimum atomic E-state index is -0.542. The van der Waals surface area contributed by atoms with Crippen LogP contribution in [0.1, 0.15) is 22.0 Å². The number of aromatic nitrogens is 4. The monoisotopic (exact) mass is 303 g/mol. The van der Waals surface area contributed by atoms with Gasteiger partial charge in [-0.3, -0.25) is 10.1 Å². The van der Waals surface area contributed by atoms with Gasteiger partial charge < -0.3 is 9.77 Å². The predicted molar refractivity (Wildman–Crippen MR) is 77.5 cm³/mol. The van der Waals surface area contributed by atoms with E-state index in [4.69, 9.17) is 0 Å². The number of aryl methyl sites for hydroxylation is 3. The van der Waals surface area contributed by atoms with E-state index in [0.717, 1.165) is 4.73 Å². The summed E-state index contributed by atoms with van der Waals surface area (Å²) in [5.74, 6) is -0.355. The van der Waals surface area contributed by atoms with E-state index in [2.05, 4.69) is 15.3 Å². The van der Waals surface area contributed by atoms with Crippen LogP contribution in [-0.4, -0.2) is 30.4 Å². The third-order valence-electron chi connectivity index (χ3n) is 3.47. The van der Waals surface area contributed by atoms with Crippen molar-refractivity contribution in [2.75, 3.05) is 5.32 Å². The van der Waals surface area contributed by atoms with E-state index >= 15 is 0 Å². The van der Waals surface area contributed by atoms with E-state index in [9.17, 15) is 14.4 Å². The molecule has 0 saturated carbocycles. The molecule has 0 spiro atoms. The topological polar surface area (TPSA) is 85.0 Å². The maximum Gasteiger partial charge on any atom is 0.280 e. The van der Waals surface area contributed by atoms with Gasteiger partial charge in [-0.1, -0.05) is 0 Å². The fourth-order valence-electron chi connectivity index (χ4n) is 2.35. The van der Waals surface area contributed by atoms with Crippen molar-refractivity contribution in [3.8, 4) is 0 Å². The molecule has 1 amide bonds. The highest BCUT2D eigenvalue weighted by atomic mass is 19.1. The molecule has 3 aromatic rings. The van der Waals surface area contributed by atoms with Crippen LogP contribution in [0.5, 0.6) is 0 Å². The van der Waals surface area contributed by atoms with E-state index < -0.39 is 5.91 Å². The van der Waals surface area contributed by atoms with Crippen molar-refractivity contribution < 1.29 is 14.4 Å². The first-order valence-corrected chi connectivity index (χ1v) is 6.57. The number of nitrogens with zero attached hydrogens (tertiary/aromatic N) is 4. The fraction of sp³-hybridized carbons (Fsp3) is 0.214. The van der Waals surface area contributed by atoms with Crippen molar-refractivity contribution >= 4 is 22.9 Å². The Morgan fingerprint density at radius 3 is 2.68 bits per heavy atom. The number of nitrogens with one attached hydrogen (secondary N) is 1. The van der Waals surface area contributed by atoms with Crippen LogP contribution in [0.2, 0.25) is 0 Å². The van der Waals surface area contributed by atoms with Crippen molar-refractivity contribution in [3.63, 3.8) is 0 Å². The Morgan fingerprint density at radius 2 is 2.05 bits per heavy atom. The minimum absolute atomic E-state index is 0.0377. The molecule has 2 N–H and O–H groups in total. The Labute approximate surface area is 125 Å². The number of fused-ring (bicyclic) bond motifs is 1. The molecule has 0 saturated heterocycles. The van der Waals surface area contributed by atoms with Gasteiger partial charge in [-0.25, -0.2) is 14.4 Å². The molecule has 0 aliphatic carbocycles. The molecule has 114 valence electrons. The normalized spacial score (nSPS) is 11.1. The number of benzene rings is 1. The summed E-state index contributed by atoms with van der Waals surface area (Å²) in [4.78, 5) is 20.6. The maximum absolute atomic E-state index is 13.3. The first-order chi connectivity index (χ1) is 10.4. The van der Waals surface area contributed by atoms with E-state index in [1.54, 1.807) is 25.5 Å². The third kappa shape index (κ3) is 2.09. The largest absolute Gasteiger partial charge is 0.426 e. The van der Waals surface area contributed by atoms with Gasteiger partial charge in [0, 0.05) is 7.05 Å². The Bertz CT molecular complexity index is 896. The molecule has 1 aromatic carbocycles. The van der Waals surface area contributed by atoms with Gasteiger partial charge in [0.2, 0.25) is 5.95 Å². The summed E-state index contributed by atoms with van der Waals surface area (Å²) in [7, 11) is 1.67. The number of amides is 1. The summed E-state index contributed by atoms with van der Waals surface area (Å²) in [6.07, 6.45) is 0. The number of anilines is 1. The number of hydrogen-bond acceptors (Lipinski definition) is 4. The second-order valence-electron chi connectivity index (χ2n) is 4.99. The minimum Gasteiger partial charge on any atom is -0.426 e. The summed E-state index contributed by atoms with van der Waals surface area (Å²) in [5, 5.41) is 12.4. The molecule has 0 fully saturated rings. The first kappa shape index (κ1) is 14.1. The smallest absolute Gasteiger partial charge is 0.280 e. The van der Waals surface area contributed by atoms with Crippen LogP contribution in [0.3, 0.4) is 0 Å². The van der Waals surface area contributed by atoms with Crippen molar-refractivity contribution in [2.24, 2.45) is 7.05 Å². The van der Waals surface area contributed by atoms with Crippen LogP contribution in [0.15, 0.2) is 18.2 Å². The summed E-state index contributed by atoms with van der Waals surface area (Å²) >= 11 is 0. The molecule has 0 unspecified atom stereocenters. The Balaban J connectivity index is 1.99. The fourth-order valence-corrected chi connectivity index (χ4v) is 2.35. The molecular weight excluding hydrogens is 289 g/mol. The SMILES string of the molecule is Cc1nc(C)n(O)c1C(=O)Nc1nc2ccc(F)cc2n1C. The summed E-state index contributed by atoms with van der Waals surface area (Å²) in [6.45, 7) is 3.21. The van der Waals surface area contributed by atoms with E-state index in [1.165, 1.54) is 18.2 Å². The zero-order valence-corrected chi connectivity index (χ0v) is 12.3. The summed E-state index contributed by atoms with van der Waals surface area (Å²) < 4.78 is 15.6. The van der Waals surface area contributed by atoms with Gasteiger partial charge in [0.05, 0.1) is 16.7 Å². The number of imidazole rings is 2. The molecule has 0 bridgehead atoms. The Hall–Kier alpha value is -2.90. The van der Waals surface area contributed by atoms with E-state index in [1.807, 2.05) is 0 Å². The molecule has 0 aliphatic heterocycles. The molecule has 0 atom stereocenters. The zero-order chi connectivity index (χ0) is 16.0. The lowest BCUT2D eigenvalue weighted by Crippen LogP contribution is -2.19. The molecular formula is C14H14FN5O2. The molecule has 22 heavy (non-hydrogen) atoms. The van der Waals surface area contributed by atoms with Crippen LogP contribution in [0.25, 0.3) is 11.0 Å². The van der Waals surface area contributed by atoms with Crippen molar-refractivity contribution in [1.29, 1.82) is 0 Å². The van der Waals surface area contributed by atoms with E-state index in [0.29, 0.717) is 22.6 Å². The Morgan fingerprint density at radius 1 is 1.32 bits per heavy atom. The highest BCUT2D eigenvalue weighted by molar-refractivity contribution is 6.03. The number of halogens is 1. The number of carbonyl (C=O) groups is 1. The van der Waals surface area contributed by atoms with Crippen LogP contribution in [0.4, 0.5) is 10.3 Å². The highest BCUT2D eigenvalue weighted by Crippen LogP contribution is 2.20. The van der Waals surface area contributed by atoms with Crippen LogP contribution in [-0.2, 0) is 7.05 Å². The summed E-state index contributed by atoms with van der Waals surface area (Å²) in [5.41, 5.74) is 1.56. The standard InChI is InChI=1S/C14H14FN5O2/c1-7-12(20(22)8(2)16-7)13(21)18-14-17-10-5-4-9(15)6-11(10)19(14)3/h4-6,22H,1-3H3,(H,17,18,21). The first-order valence-electron chi connectivity index (χ1n) is 6.57. The van der Waals surface area contributed by atoms with Crippen LogP contribution >= 0.6 is 0 Å². The average molecular weight is 303 g/mol. The summed E-state index contributed by atoms with van der Waals surface area (Å²) in [6, 6.07) is 4.17. The average Bonchev–Trinajstić information content (AvgIpc) is 2.88.